The molecule has 0 amide bonds. The van der Waals surface area contributed by atoms with Gasteiger partial charge >= 0.3 is 59.3 Å². The molecule has 8 rings (SSSR count). The van der Waals surface area contributed by atoms with Crippen LogP contribution in [0.4, 0.5) is 34.5 Å². The second-order valence-electron chi connectivity index (χ2n) is 11.0. The van der Waals surface area contributed by atoms with Gasteiger partial charge < -0.3 is 34.5 Å². The van der Waals surface area contributed by atoms with Gasteiger partial charge in [0.05, 0.1) is 47.0 Å². The minimum absolute atomic E-state index is 0. The van der Waals surface area contributed by atoms with Crippen molar-refractivity contribution < 1.29 is 79.3 Å². The number of benzene rings is 4. The molecule has 0 aliphatic rings. The molecule has 4 heterocycles. The Morgan fingerprint density at radius 1 is 0.375 bits per heavy atom. The Kier molecular flexibility index (Phi) is 29.7. The van der Waals surface area contributed by atoms with Crippen LogP contribution in [0.3, 0.4) is 0 Å². The van der Waals surface area contributed by atoms with Crippen LogP contribution in [-0.4, -0.2) is 53.6 Å². The van der Waals surface area contributed by atoms with E-state index in [1.807, 2.05) is 92.0 Å². The van der Waals surface area contributed by atoms with Gasteiger partial charge in [0, 0.05) is 88.0 Å². The first-order valence-corrected chi connectivity index (χ1v) is 17.5. The summed E-state index contributed by atoms with van der Waals surface area (Å²) >= 11 is 0. The second-order valence-corrected chi connectivity index (χ2v) is 11.0. The fourth-order valence-corrected chi connectivity index (χ4v) is 5.01. The number of fused-ring (bicyclic) bond motifs is 2. The molecule has 0 aliphatic carbocycles. The van der Waals surface area contributed by atoms with Crippen LogP contribution in [-0.2, 0) is 44.8 Å². The molecule has 0 saturated heterocycles. The quantitative estimate of drug-likeness (QED) is 0.124. The molecular formula is C40H36Ag2B2F8N12. The summed E-state index contributed by atoms with van der Waals surface area (Å²) in [5.74, 6) is 0. The van der Waals surface area contributed by atoms with Gasteiger partial charge in [-0.25, -0.2) is 18.7 Å². The average molecular weight is 1070 g/mol. The molecule has 0 fully saturated rings. The topological polar surface area (TPSA) is 166 Å². The van der Waals surface area contributed by atoms with E-state index in [9.17, 15) is 34.5 Å². The maximum Gasteiger partial charge on any atom is 1.00 e. The van der Waals surface area contributed by atoms with E-state index in [-0.39, 0.29) is 44.8 Å². The van der Waals surface area contributed by atoms with Crippen molar-refractivity contribution in [2.24, 2.45) is 0 Å². The Morgan fingerprint density at radius 2 is 0.547 bits per heavy atom. The smallest absolute Gasteiger partial charge is 0.418 e. The number of nitriles is 4. The number of nitrogens with zero attached hydrogens (tertiary/aromatic N) is 12. The first-order valence-electron chi connectivity index (χ1n) is 17.5. The van der Waals surface area contributed by atoms with Crippen LogP contribution >= 0.6 is 0 Å². The largest absolute Gasteiger partial charge is 1.00 e. The Hall–Kier alpha value is -6.75. The normalized spacial score (nSPS) is 9.25. The molecule has 0 saturated carbocycles. The molecule has 4 aromatic heterocycles. The van der Waals surface area contributed by atoms with Gasteiger partial charge in [-0.2, -0.15) is 41.4 Å². The summed E-state index contributed by atoms with van der Waals surface area (Å²) < 4.78 is 85.5. The molecule has 4 aromatic carbocycles. The van der Waals surface area contributed by atoms with Crippen molar-refractivity contribution in [1.82, 2.24) is 39.1 Å². The minimum atomic E-state index is -6.00. The van der Waals surface area contributed by atoms with Gasteiger partial charge in [0.25, 0.3) is 0 Å². The zero-order valence-corrected chi connectivity index (χ0v) is 37.0. The molecule has 0 atom stereocenters. The first kappa shape index (κ1) is 59.3. The third kappa shape index (κ3) is 22.4. The van der Waals surface area contributed by atoms with E-state index in [4.69, 9.17) is 21.0 Å². The molecule has 0 bridgehead atoms. The molecule has 12 nitrogen and oxygen atoms in total. The first-order chi connectivity index (χ1) is 29.5. The number of hydrogen-bond acceptors (Lipinski definition) is 8. The summed E-state index contributed by atoms with van der Waals surface area (Å²) in [7, 11) is -12.0. The summed E-state index contributed by atoms with van der Waals surface area (Å²) in [6.45, 7) is 5.72. The van der Waals surface area contributed by atoms with Gasteiger partial charge in [-0.1, -0.05) is 48.5 Å². The van der Waals surface area contributed by atoms with Crippen LogP contribution < -0.4 is 0 Å². The average Bonchev–Trinajstić information content (AvgIpc) is 4.06. The molecule has 0 spiro atoms. The van der Waals surface area contributed by atoms with Gasteiger partial charge in [0.2, 0.25) is 0 Å². The van der Waals surface area contributed by atoms with E-state index in [2.05, 4.69) is 68.9 Å². The summed E-state index contributed by atoms with van der Waals surface area (Å²) in [5.41, 5.74) is 4.22. The Bertz CT molecular complexity index is 2280. The van der Waals surface area contributed by atoms with Crippen molar-refractivity contribution >= 4 is 36.1 Å². The van der Waals surface area contributed by atoms with E-state index in [1.54, 1.807) is 49.1 Å². The van der Waals surface area contributed by atoms with Crippen LogP contribution in [0, 0.1) is 45.3 Å². The fourth-order valence-electron chi connectivity index (χ4n) is 5.01. The number of hydrogen-bond donors (Lipinski definition) is 0. The van der Waals surface area contributed by atoms with Gasteiger partial charge in [0.15, 0.2) is 0 Å². The van der Waals surface area contributed by atoms with Gasteiger partial charge in [0.1, 0.15) is 0 Å². The fraction of sp³-hybridized carbons (Fsp3) is 0.100. The molecule has 0 aliphatic heterocycles. The summed E-state index contributed by atoms with van der Waals surface area (Å²) in [4.78, 5) is 0. The Morgan fingerprint density at radius 3 is 0.688 bits per heavy atom. The Balaban J connectivity index is 0. The number of halogens is 8. The van der Waals surface area contributed by atoms with E-state index in [0.717, 1.165) is 33.5 Å². The van der Waals surface area contributed by atoms with Crippen molar-refractivity contribution in [1.29, 1.82) is 21.0 Å². The van der Waals surface area contributed by atoms with Crippen molar-refractivity contribution in [3.63, 3.8) is 0 Å². The summed E-state index contributed by atoms with van der Waals surface area (Å²) in [6.07, 6.45) is 15.0. The zero-order valence-electron chi connectivity index (χ0n) is 34.0. The molecule has 340 valence electrons. The molecule has 0 radical (unpaired) electrons. The van der Waals surface area contributed by atoms with Gasteiger partial charge in [-0.15, -0.1) is 0 Å². The van der Waals surface area contributed by atoms with Crippen molar-refractivity contribution in [3.8, 4) is 47.0 Å². The molecule has 0 N–H and O–H groups in total. The van der Waals surface area contributed by atoms with E-state index < -0.39 is 14.5 Å². The van der Waals surface area contributed by atoms with E-state index in [0.29, 0.717) is 0 Å². The maximum absolute atomic E-state index is 9.75. The van der Waals surface area contributed by atoms with Crippen LogP contribution in [0.1, 0.15) is 27.7 Å². The standard InChI is InChI=1S/2C16H12N4.4C2H3N.2Ag.2BF4/c2*1-5-13-6-2-8-15(20-12-4-10-18-20)16(13)14(7-1)19-11-3-9-17-19;4*1-2-3;;;2*2-1(3,4)5/h2*1-12H;4*1H3;;;;/q;;;;;;2*+1;2*-1. The number of aromatic nitrogens is 8. The predicted molar refractivity (Wildman–Crippen MR) is 222 cm³/mol. The van der Waals surface area contributed by atoms with Crippen molar-refractivity contribution in [3.05, 3.63) is 147 Å². The molecule has 0 unspecified atom stereocenters. The second kappa shape index (κ2) is 32.0. The van der Waals surface area contributed by atoms with Crippen LogP contribution in [0.25, 0.3) is 44.3 Å². The Labute approximate surface area is 394 Å². The zero-order chi connectivity index (χ0) is 46.6. The molecule has 24 heteroatoms. The van der Waals surface area contributed by atoms with Crippen molar-refractivity contribution in [2.45, 2.75) is 27.7 Å². The van der Waals surface area contributed by atoms with E-state index >= 15 is 0 Å². The third-order valence-corrected chi connectivity index (χ3v) is 6.73. The van der Waals surface area contributed by atoms with E-state index in [1.165, 1.54) is 38.5 Å². The third-order valence-electron chi connectivity index (χ3n) is 6.73. The monoisotopic (exact) mass is 1070 g/mol. The van der Waals surface area contributed by atoms with Crippen LogP contribution in [0.15, 0.2) is 147 Å². The number of rotatable bonds is 4. The molecule has 8 aromatic rings. The summed E-state index contributed by atoms with van der Waals surface area (Å²) in [5, 5.41) is 51.3. The molecular weight excluding hydrogens is 1040 g/mol. The summed E-state index contributed by atoms with van der Waals surface area (Å²) in [6, 6.07) is 39.6. The van der Waals surface area contributed by atoms with Crippen molar-refractivity contribution in [2.75, 3.05) is 0 Å². The van der Waals surface area contributed by atoms with Crippen LogP contribution in [0.2, 0.25) is 0 Å². The maximum atomic E-state index is 9.75. The minimum Gasteiger partial charge on any atom is -0.418 e. The molecule has 64 heavy (non-hydrogen) atoms. The van der Waals surface area contributed by atoms with Gasteiger partial charge in [-0.3, -0.25) is 0 Å². The predicted octanol–water partition coefficient (Wildman–Crippen LogP) is 11.1. The van der Waals surface area contributed by atoms with Gasteiger partial charge in [-0.05, 0) is 59.3 Å². The van der Waals surface area contributed by atoms with Crippen LogP contribution in [0.5, 0.6) is 0 Å². The SMILES string of the molecule is CC#N.CC#N.CC#N.CC#N.F[B-](F)(F)F.F[B-](F)(F)F.[Ag+].[Ag+].c1cc(-n2cccn2)c2c(-n3cccn3)cccc2c1.c1cc(-n2cccn2)c2c(-n3cccn3)cccc2c1.